The summed E-state index contributed by atoms with van der Waals surface area (Å²) in [5.41, 5.74) is 0.921. The molecule has 1 heterocycles. The molecule has 0 spiro atoms. The number of hydrogen-bond donors (Lipinski definition) is 1. The van der Waals surface area contributed by atoms with Crippen LogP contribution < -0.4 is 0 Å². The van der Waals surface area contributed by atoms with Crippen molar-refractivity contribution in [2.45, 2.75) is 12.7 Å². The van der Waals surface area contributed by atoms with Crippen LogP contribution in [-0.2, 0) is 5.75 Å². The molecular weight excluding hydrogens is 220 g/mol. The van der Waals surface area contributed by atoms with E-state index >= 15 is 0 Å². The van der Waals surface area contributed by atoms with Crippen molar-refractivity contribution in [3.8, 4) is 0 Å². The van der Waals surface area contributed by atoms with Gasteiger partial charge in [-0.1, -0.05) is 18.5 Å². The van der Waals surface area contributed by atoms with E-state index in [0.717, 1.165) is 17.2 Å². The van der Waals surface area contributed by atoms with Crippen LogP contribution in [0.15, 0.2) is 12.4 Å². The zero-order chi connectivity index (χ0) is 10.4. The van der Waals surface area contributed by atoms with E-state index in [1.165, 1.54) is 0 Å². The Morgan fingerprint density at radius 1 is 1.50 bits per heavy atom. The minimum absolute atomic E-state index is 0.235. The second-order valence-electron chi connectivity index (χ2n) is 3.13. The van der Waals surface area contributed by atoms with Gasteiger partial charge in [0.05, 0.1) is 18.1 Å². The maximum atomic E-state index is 8.81. The van der Waals surface area contributed by atoms with Crippen molar-refractivity contribution in [1.29, 1.82) is 0 Å². The summed E-state index contributed by atoms with van der Waals surface area (Å²) in [6.45, 7) is 2.25. The molecule has 1 aromatic rings. The molecule has 14 heavy (non-hydrogen) atoms. The van der Waals surface area contributed by atoms with Crippen molar-refractivity contribution in [3.63, 3.8) is 0 Å². The smallest absolute Gasteiger partial charge is 0.147 e. The van der Waals surface area contributed by atoms with Crippen LogP contribution in [0.1, 0.15) is 12.6 Å². The van der Waals surface area contributed by atoms with Crippen LogP contribution in [0.3, 0.4) is 0 Å². The molecule has 0 amide bonds. The molecule has 1 rings (SSSR count). The monoisotopic (exact) mass is 232 g/mol. The molecule has 0 saturated carbocycles. The van der Waals surface area contributed by atoms with Gasteiger partial charge in [0.15, 0.2) is 0 Å². The Labute approximate surface area is 92.9 Å². The lowest BCUT2D eigenvalue weighted by atomic mass is 10.2. The summed E-state index contributed by atoms with van der Waals surface area (Å²) >= 11 is 7.34. The standard InChI is InChI=1S/C9H13ClN2OS/c1-7(4-13)5-14-6-8-2-12-9(10)3-11-8/h2-3,7,13H,4-6H2,1H3. The van der Waals surface area contributed by atoms with E-state index < -0.39 is 0 Å². The highest BCUT2D eigenvalue weighted by Crippen LogP contribution is 2.13. The van der Waals surface area contributed by atoms with Crippen LogP contribution >= 0.6 is 23.4 Å². The molecule has 0 aliphatic heterocycles. The van der Waals surface area contributed by atoms with Crippen LogP contribution in [0.2, 0.25) is 5.15 Å². The lowest BCUT2D eigenvalue weighted by Gasteiger charge is -2.06. The predicted molar refractivity (Wildman–Crippen MR) is 59.5 cm³/mol. The summed E-state index contributed by atoms with van der Waals surface area (Å²) in [7, 11) is 0. The molecule has 3 nitrogen and oxygen atoms in total. The van der Waals surface area contributed by atoms with Crippen molar-refractivity contribution in [1.82, 2.24) is 9.97 Å². The number of thioether (sulfide) groups is 1. The van der Waals surface area contributed by atoms with Gasteiger partial charge >= 0.3 is 0 Å². The number of aromatic nitrogens is 2. The zero-order valence-electron chi connectivity index (χ0n) is 7.98. The van der Waals surface area contributed by atoms with Gasteiger partial charge in [0.25, 0.3) is 0 Å². The summed E-state index contributed by atoms with van der Waals surface area (Å²) in [6.07, 6.45) is 3.23. The fraction of sp³-hybridized carbons (Fsp3) is 0.556. The number of aliphatic hydroxyl groups excluding tert-OH is 1. The number of rotatable bonds is 5. The highest BCUT2D eigenvalue weighted by molar-refractivity contribution is 7.98. The lowest BCUT2D eigenvalue weighted by Crippen LogP contribution is -2.03. The lowest BCUT2D eigenvalue weighted by molar-refractivity contribution is 0.250. The molecule has 0 aliphatic carbocycles. The Hall–Kier alpha value is -0.320. The fourth-order valence-electron chi connectivity index (χ4n) is 0.831. The van der Waals surface area contributed by atoms with Gasteiger partial charge in [0.2, 0.25) is 0 Å². The van der Waals surface area contributed by atoms with Crippen molar-refractivity contribution in [2.24, 2.45) is 5.92 Å². The first kappa shape index (κ1) is 11.8. The molecule has 5 heteroatoms. The summed E-state index contributed by atoms with van der Waals surface area (Å²) in [5.74, 6) is 2.08. The van der Waals surface area contributed by atoms with Gasteiger partial charge in [0, 0.05) is 12.4 Å². The third-order valence-corrected chi connectivity index (χ3v) is 3.14. The maximum absolute atomic E-state index is 8.81. The first-order valence-corrected chi connectivity index (χ1v) is 5.90. The molecular formula is C9H13ClN2OS. The zero-order valence-corrected chi connectivity index (χ0v) is 9.55. The third kappa shape index (κ3) is 4.26. The summed E-state index contributed by atoms with van der Waals surface area (Å²) in [6, 6.07) is 0. The van der Waals surface area contributed by atoms with Crippen molar-refractivity contribution in [3.05, 3.63) is 23.2 Å². The van der Waals surface area contributed by atoms with E-state index in [1.807, 2.05) is 6.92 Å². The molecule has 1 unspecified atom stereocenters. The highest BCUT2D eigenvalue weighted by Gasteiger charge is 2.01. The second kappa shape index (κ2) is 6.22. The summed E-state index contributed by atoms with van der Waals surface area (Å²) < 4.78 is 0. The first-order valence-electron chi connectivity index (χ1n) is 4.37. The van der Waals surface area contributed by atoms with E-state index in [1.54, 1.807) is 24.2 Å². The molecule has 78 valence electrons. The first-order chi connectivity index (χ1) is 6.72. The van der Waals surface area contributed by atoms with Crippen LogP contribution in [-0.4, -0.2) is 27.4 Å². The Morgan fingerprint density at radius 3 is 2.86 bits per heavy atom. The molecule has 1 aromatic heterocycles. The summed E-state index contributed by atoms with van der Waals surface area (Å²) in [5, 5.41) is 9.23. The number of hydrogen-bond acceptors (Lipinski definition) is 4. The van der Waals surface area contributed by atoms with Gasteiger partial charge in [-0.15, -0.1) is 0 Å². The molecule has 1 N–H and O–H groups in total. The summed E-state index contributed by atoms with van der Waals surface area (Å²) in [4.78, 5) is 8.06. The highest BCUT2D eigenvalue weighted by atomic mass is 35.5. The van der Waals surface area contributed by atoms with Gasteiger partial charge in [-0.25, -0.2) is 4.98 Å². The maximum Gasteiger partial charge on any atom is 0.147 e. The van der Waals surface area contributed by atoms with Crippen LogP contribution in [0.4, 0.5) is 0 Å². The predicted octanol–water partition coefficient (Wildman–Crippen LogP) is 1.99. The second-order valence-corrected chi connectivity index (χ2v) is 4.55. The normalized spacial score (nSPS) is 12.8. The van der Waals surface area contributed by atoms with Gasteiger partial charge in [0.1, 0.15) is 5.15 Å². The van der Waals surface area contributed by atoms with Crippen LogP contribution in [0.25, 0.3) is 0 Å². The minimum Gasteiger partial charge on any atom is -0.396 e. The van der Waals surface area contributed by atoms with Crippen molar-refractivity contribution in [2.75, 3.05) is 12.4 Å². The molecule has 0 radical (unpaired) electrons. The number of aliphatic hydroxyl groups is 1. The average molecular weight is 233 g/mol. The molecule has 0 bridgehead atoms. The molecule has 0 fully saturated rings. The van der Waals surface area contributed by atoms with Gasteiger partial charge in [-0.05, 0) is 11.7 Å². The molecule has 1 atom stereocenters. The Morgan fingerprint density at radius 2 is 2.29 bits per heavy atom. The van der Waals surface area contributed by atoms with E-state index in [9.17, 15) is 0 Å². The van der Waals surface area contributed by atoms with Gasteiger partial charge in [-0.2, -0.15) is 11.8 Å². The SMILES string of the molecule is CC(CO)CSCc1cnc(Cl)cn1. The average Bonchev–Trinajstić information content (AvgIpc) is 2.21. The van der Waals surface area contributed by atoms with Crippen molar-refractivity contribution < 1.29 is 5.11 Å². The number of halogens is 1. The van der Waals surface area contributed by atoms with Gasteiger partial charge in [-0.3, -0.25) is 4.98 Å². The van der Waals surface area contributed by atoms with Gasteiger partial charge < -0.3 is 5.11 Å². The Balaban J connectivity index is 2.28. The van der Waals surface area contributed by atoms with E-state index in [-0.39, 0.29) is 6.61 Å². The Bertz CT molecular complexity index is 268. The van der Waals surface area contributed by atoms with Crippen LogP contribution in [0, 0.1) is 5.92 Å². The van der Waals surface area contributed by atoms with E-state index in [0.29, 0.717) is 11.1 Å². The van der Waals surface area contributed by atoms with Crippen molar-refractivity contribution >= 4 is 23.4 Å². The topological polar surface area (TPSA) is 46.0 Å². The minimum atomic E-state index is 0.235. The fourth-order valence-corrected chi connectivity index (χ4v) is 1.91. The molecule has 0 saturated heterocycles. The molecule has 0 aliphatic rings. The Kier molecular flexibility index (Phi) is 5.22. The van der Waals surface area contributed by atoms with E-state index in [4.69, 9.17) is 16.7 Å². The number of nitrogens with zero attached hydrogens (tertiary/aromatic N) is 2. The largest absolute Gasteiger partial charge is 0.396 e. The van der Waals surface area contributed by atoms with Crippen LogP contribution in [0.5, 0.6) is 0 Å². The van der Waals surface area contributed by atoms with E-state index in [2.05, 4.69) is 9.97 Å². The quantitative estimate of drug-likeness (QED) is 0.844. The third-order valence-electron chi connectivity index (χ3n) is 1.64. The molecule has 0 aromatic carbocycles.